The monoisotopic (exact) mass is 386 g/mol. The molecule has 17 heavy (non-hydrogen) atoms. The third kappa shape index (κ3) is 3.47. The molecule has 0 unspecified atom stereocenters. The zero-order valence-corrected chi connectivity index (χ0v) is 12.8. The molecule has 0 saturated carbocycles. The summed E-state index contributed by atoms with van der Waals surface area (Å²) in [7, 11) is 0. The number of nitrogens with zero attached hydrogens (tertiary/aromatic N) is 1. The van der Waals surface area contributed by atoms with Crippen LogP contribution in [0, 0.1) is 3.57 Å². The van der Waals surface area contributed by atoms with Crippen LogP contribution < -0.4 is 5.73 Å². The number of likely N-dealkylation sites (tertiary alicyclic amines) is 1. The van der Waals surface area contributed by atoms with Crippen molar-refractivity contribution in [3.8, 4) is 0 Å². The van der Waals surface area contributed by atoms with Crippen LogP contribution in [0.3, 0.4) is 0 Å². The molecule has 1 aliphatic rings. The van der Waals surface area contributed by atoms with E-state index >= 15 is 0 Å². The molecule has 2 rings (SSSR count). The zero-order chi connectivity index (χ0) is 11.7. The topological polar surface area (TPSA) is 46.3 Å². The van der Waals surface area contributed by atoms with Gasteiger partial charge in [0.25, 0.3) is 5.91 Å². The molecule has 1 amide bonds. The maximum Gasteiger partial charge on any atom is 0.253 e. The minimum absolute atomic E-state index is 0. The van der Waals surface area contributed by atoms with E-state index in [0.29, 0.717) is 17.1 Å². The molecule has 2 N–H and O–H groups in total. The van der Waals surface area contributed by atoms with Crippen LogP contribution in [-0.2, 0) is 0 Å². The summed E-state index contributed by atoms with van der Waals surface area (Å²) >= 11 is 8.04. The van der Waals surface area contributed by atoms with E-state index in [4.69, 9.17) is 17.3 Å². The van der Waals surface area contributed by atoms with Crippen molar-refractivity contribution in [1.29, 1.82) is 0 Å². The highest BCUT2D eigenvalue weighted by Crippen LogP contribution is 2.21. The summed E-state index contributed by atoms with van der Waals surface area (Å²) in [5, 5.41) is 0.676. The maximum absolute atomic E-state index is 12.1. The lowest BCUT2D eigenvalue weighted by atomic mass is 10.2. The van der Waals surface area contributed by atoms with Gasteiger partial charge in [0.15, 0.2) is 0 Å². The molecule has 1 aliphatic heterocycles. The smallest absolute Gasteiger partial charge is 0.253 e. The fraction of sp³-hybridized carbons (Fsp3) is 0.364. The van der Waals surface area contributed by atoms with Crippen molar-refractivity contribution >= 4 is 52.5 Å². The number of hydrogen-bond donors (Lipinski definition) is 1. The predicted molar refractivity (Wildman–Crippen MR) is 79.9 cm³/mol. The number of carbonyl (C=O) groups excluding carboxylic acids is 1. The first-order valence-corrected chi connectivity index (χ1v) is 6.53. The lowest BCUT2D eigenvalue weighted by Gasteiger charge is -2.16. The van der Waals surface area contributed by atoms with E-state index in [0.717, 1.165) is 16.5 Å². The van der Waals surface area contributed by atoms with Crippen LogP contribution >= 0.6 is 46.6 Å². The average molecular weight is 387 g/mol. The molecular formula is C11H13Cl2IN2O. The fourth-order valence-electron chi connectivity index (χ4n) is 1.78. The highest BCUT2D eigenvalue weighted by Gasteiger charge is 2.24. The zero-order valence-electron chi connectivity index (χ0n) is 9.03. The lowest BCUT2D eigenvalue weighted by molar-refractivity contribution is 0.0791. The molecular weight excluding hydrogens is 374 g/mol. The van der Waals surface area contributed by atoms with Gasteiger partial charge in [-0.25, -0.2) is 0 Å². The second-order valence-electron chi connectivity index (χ2n) is 3.93. The van der Waals surface area contributed by atoms with Gasteiger partial charge in [-0.2, -0.15) is 0 Å². The van der Waals surface area contributed by atoms with Crippen molar-refractivity contribution < 1.29 is 4.79 Å². The number of hydrogen-bond acceptors (Lipinski definition) is 2. The number of nitrogens with two attached hydrogens (primary N) is 1. The summed E-state index contributed by atoms with van der Waals surface area (Å²) in [5.41, 5.74) is 6.46. The molecule has 1 aromatic carbocycles. The molecule has 1 atom stereocenters. The van der Waals surface area contributed by atoms with Gasteiger partial charge in [-0.3, -0.25) is 4.79 Å². The van der Waals surface area contributed by atoms with Gasteiger partial charge in [-0.1, -0.05) is 11.6 Å². The second-order valence-corrected chi connectivity index (χ2v) is 5.50. The molecule has 3 nitrogen and oxygen atoms in total. The van der Waals surface area contributed by atoms with Crippen molar-refractivity contribution in [2.75, 3.05) is 13.1 Å². The van der Waals surface area contributed by atoms with Gasteiger partial charge in [-0.15, -0.1) is 12.4 Å². The van der Waals surface area contributed by atoms with Crippen LogP contribution in [0.1, 0.15) is 16.8 Å². The standard InChI is InChI=1S/C11H12ClIN2O.ClH/c12-9-2-1-7(5-10(9)13)11(16)15-4-3-8(14)6-15;/h1-2,5,8H,3-4,6,14H2;1H/t8-;/m1./s1. The van der Waals surface area contributed by atoms with E-state index in [9.17, 15) is 4.79 Å². The van der Waals surface area contributed by atoms with E-state index in [1.807, 2.05) is 6.07 Å². The Bertz CT molecular complexity index is 428. The molecule has 0 bridgehead atoms. The molecule has 1 fully saturated rings. The van der Waals surface area contributed by atoms with Gasteiger partial charge in [0.05, 0.1) is 5.02 Å². The van der Waals surface area contributed by atoms with Crippen LogP contribution in [0.2, 0.25) is 5.02 Å². The first-order valence-electron chi connectivity index (χ1n) is 5.08. The molecule has 94 valence electrons. The van der Waals surface area contributed by atoms with Gasteiger partial charge >= 0.3 is 0 Å². The van der Waals surface area contributed by atoms with Crippen molar-refractivity contribution in [3.63, 3.8) is 0 Å². The van der Waals surface area contributed by atoms with Gasteiger partial charge in [0, 0.05) is 28.3 Å². The van der Waals surface area contributed by atoms with Crippen molar-refractivity contribution in [2.45, 2.75) is 12.5 Å². The van der Waals surface area contributed by atoms with Crippen molar-refractivity contribution in [1.82, 2.24) is 4.90 Å². The summed E-state index contributed by atoms with van der Waals surface area (Å²) in [6.45, 7) is 1.40. The lowest BCUT2D eigenvalue weighted by Crippen LogP contribution is -2.31. The van der Waals surface area contributed by atoms with Crippen LogP contribution in [0.4, 0.5) is 0 Å². The first kappa shape index (κ1) is 15.0. The van der Waals surface area contributed by atoms with Gasteiger partial charge in [0.1, 0.15) is 0 Å². The SMILES string of the molecule is Cl.N[C@@H]1CCN(C(=O)c2ccc(Cl)c(I)c2)C1. The minimum atomic E-state index is 0. The van der Waals surface area contributed by atoms with Crippen molar-refractivity contribution in [2.24, 2.45) is 5.73 Å². The largest absolute Gasteiger partial charge is 0.337 e. The summed E-state index contributed by atoms with van der Waals surface area (Å²) in [5.74, 6) is 0.0440. The number of halogens is 3. The molecule has 1 aromatic rings. The predicted octanol–water partition coefficient (Wildman–Crippen LogP) is 2.54. The molecule has 0 radical (unpaired) electrons. The van der Waals surface area contributed by atoms with Crippen LogP contribution in [0.15, 0.2) is 18.2 Å². The van der Waals surface area contributed by atoms with Gasteiger partial charge in [-0.05, 0) is 47.2 Å². The fourth-order valence-corrected chi connectivity index (χ4v) is 2.42. The Morgan fingerprint density at radius 2 is 2.24 bits per heavy atom. The maximum atomic E-state index is 12.1. The Labute approximate surface area is 125 Å². The van der Waals surface area contributed by atoms with Crippen LogP contribution in [0.25, 0.3) is 0 Å². The van der Waals surface area contributed by atoms with E-state index in [1.54, 1.807) is 17.0 Å². The number of carbonyl (C=O) groups is 1. The minimum Gasteiger partial charge on any atom is -0.337 e. The first-order chi connectivity index (χ1) is 7.58. The third-order valence-corrected chi connectivity index (χ3v) is 4.22. The Morgan fingerprint density at radius 3 is 2.76 bits per heavy atom. The number of rotatable bonds is 1. The Morgan fingerprint density at radius 1 is 1.53 bits per heavy atom. The second kappa shape index (κ2) is 6.22. The Balaban J connectivity index is 0.00000144. The van der Waals surface area contributed by atoms with Gasteiger partial charge in [0.2, 0.25) is 0 Å². The van der Waals surface area contributed by atoms with Gasteiger partial charge < -0.3 is 10.6 Å². The highest BCUT2D eigenvalue weighted by atomic mass is 127. The van der Waals surface area contributed by atoms with Crippen LogP contribution in [0.5, 0.6) is 0 Å². The average Bonchev–Trinajstić information content (AvgIpc) is 2.68. The molecule has 6 heteroatoms. The quantitative estimate of drug-likeness (QED) is 0.754. The van der Waals surface area contributed by atoms with Crippen molar-refractivity contribution in [3.05, 3.63) is 32.4 Å². The summed E-state index contributed by atoms with van der Waals surface area (Å²) < 4.78 is 0.897. The van der Waals surface area contributed by atoms with E-state index in [-0.39, 0.29) is 24.4 Å². The summed E-state index contributed by atoms with van der Waals surface area (Å²) in [6.07, 6.45) is 0.885. The molecule has 0 aromatic heterocycles. The number of benzene rings is 1. The van der Waals surface area contributed by atoms with E-state index < -0.39 is 0 Å². The Kier molecular flexibility index (Phi) is 5.50. The van der Waals surface area contributed by atoms with Crippen LogP contribution in [-0.4, -0.2) is 29.9 Å². The molecule has 1 saturated heterocycles. The van der Waals surface area contributed by atoms with E-state index in [1.165, 1.54) is 0 Å². The Hall–Kier alpha value is -0.0400. The molecule has 0 spiro atoms. The number of amides is 1. The molecule has 0 aliphatic carbocycles. The van der Waals surface area contributed by atoms with E-state index in [2.05, 4.69) is 22.6 Å². The normalized spacial score (nSPS) is 19.0. The molecule has 1 heterocycles. The summed E-state index contributed by atoms with van der Waals surface area (Å²) in [6, 6.07) is 5.45. The highest BCUT2D eigenvalue weighted by molar-refractivity contribution is 14.1. The third-order valence-electron chi connectivity index (χ3n) is 2.68. The summed E-state index contributed by atoms with van der Waals surface area (Å²) in [4.78, 5) is 13.9.